The SMILES string of the molecule is CC(C)C1=CC2C=NC(CC(=O)O)=C2C=C1. The average Bonchev–Trinajstić information content (AvgIpc) is 2.60. The van der Waals surface area contributed by atoms with Crippen LogP contribution in [0.15, 0.2) is 40.1 Å². The zero-order chi connectivity index (χ0) is 11.7. The van der Waals surface area contributed by atoms with Crippen molar-refractivity contribution in [1.82, 2.24) is 0 Å². The lowest BCUT2D eigenvalue weighted by molar-refractivity contribution is -0.136. The normalized spacial score (nSPS) is 22.7. The first-order valence-corrected chi connectivity index (χ1v) is 5.46. The zero-order valence-electron chi connectivity index (χ0n) is 9.47. The Labute approximate surface area is 94.9 Å². The summed E-state index contributed by atoms with van der Waals surface area (Å²) in [5.74, 6) is -0.154. The molecule has 0 saturated carbocycles. The van der Waals surface area contributed by atoms with Gasteiger partial charge in [-0.05, 0) is 17.1 Å². The molecule has 1 heterocycles. The molecule has 2 rings (SSSR count). The van der Waals surface area contributed by atoms with Crippen molar-refractivity contribution < 1.29 is 9.90 Å². The molecule has 3 heteroatoms. The molecule has 0 radical (unpaired) electrons. The number of carboxylic acids is 1. The number of aliphatic imine (C=N–C) groups is 1. The van der Waals surface area contributed by atoms with Crippen molar-refractivity contribution in [3.63, 3.8) is 0 Å². The van der Waals surface area contributed by atoms with Gasteiger partial charge in [0.05, 0.1) is 12.1 Å². The lowest BCUT2D eigenvalue weighted by atomic mass is 9.88. The van der Waals surface area contributed by atoms with Crippen LogP contribution in [0.3, 0.4) is 0 Å². The molecule has 0 amide bonds. The van der Waals surface area contributed by atoms with Crippen LogP contribution in [0.5, 0.6) is 0 Å². The molecule has 3 nitrogen and oxygen atoms in total. The highest BCUT2D eigenvalue weighted by Crippen LogP contribution is 2.32. The molecule has 0 aromatic rings. The first kappa shape index (κ1) is 10.9. The third kappa shape index (κ3) is 1.98. The quantitative estimate of drug-likeness (QED) is 0.789. The summed E-state index contributed by atoms with van der Waals surface area (Å²) < 4.78 is 0. The topological polar surface area (TPSA) is 49.7 Å². The van der Waals surface area contributed by atoms with Crippen molar-refractivity contribution in [2.24, 2.45) is 16.8 Å². The molecular weight excluding hydrogens is 202 g/mol. The Hall–Kier alpha value is -1.64. The van der Waals surface area contributed by atoms with E-state index in [0.29, 0.717) is 11.6 Å². The van der Waals surface area contributed by atoms with E-state index in [2.05, 4.69) is 31.0 Å². The maximum Gasteiger partial charge on any atom is 0.309 e. The van der Waals surface area contributed by atoms with Gasteiger partial charge in [-0.3, -0.25) is 9.79 Å². The van der Waals surface area contributed by atoms with E-state index >= 15 is 0 Å². The van der Waals surface area contributed by atoms with Crippen molar-refractivity contribution in [2.75, 3.05) is 0 Å². The van der Waals surface area contributed by atoms with Crippen LogP contribution in [0.25, 0.3) is 0 Å². The van der Waals surface area contributed by atoms with Crippen molar-refractivity contribution in [1.29, 1.82) is 0 Å². The third-order valence-electron chi connectivity index (χ3n) is 2.90. The number of hydrogen-bond donors (Lipinski definition) is 1. The number of allylic oxidation sites excluding steroid dienone is 5. The maximum absolute atomic E-state index is 10.7. The van der Waals surface area contributed by atoms with Gasteiger partial charge >= 0.3 is 5.97 Å². The second kappa shape index (κ2) is 4.08. The maximum atomic E-state index is 10.7. The molecule has 0 aromatic carbocycles. The van der Waals surface area contributed by atoms with Gasteiger partial charge in [0.15, 0.2) is 0 Å². The molecule has 0 bridgehead atoms. The minimum Gasteiger partial charge on any atom is -0.481 e. The predicted molar refractivity (Wildman–Crippen MR) is 63.3 cm³/mol. The number of hydrogen-bond acceptors (Lipinski definition) is 2. The fourth-order valence-corrected chi connectivity index (χ4v) is 1.98. The van der Waals surface area contributed by atoms with E-state index in [1.165, 1.54) is 5.57 Å². The molecule has 84 valence electrons. The van der Waals surface area contributed by atoms with Crippen molar-refractivity contribution in [3.05, 3.63) is 35.1 Å². The molecular formula is C13H15NO2. The smallest absolute Gasteiger partial charge is 0.309 e. The van der Waals surface area contributed by atoms with E-state index in [1.54, 1.807) is 0 Å². The lowest BCUT2D eigenvalue weighted by Gasteiger charge is -2.16. The predicted octanol–water partition coefficient (Wildman–Crippen LogP) is 2.57. The van der Waals surface area contributed by atoms with Gasteiger partial charge < -0.3 is 5.11 Å². The second-order valence-corrected chi connectivity index (χ2v) is 4.43. The van der Waals surface area contributed by atoms with Crippen molar-refractivity contribution in [3.8, 4) is 0 Å². The molecule has 0 spiro atoms. The summed E-state index contributed by atoms with van der Waals surface area (Å²) in [7, 11) is 0. The Morgan fingerprint density at radius 1 is 1.50 bits per heavy atom. The van der Waals surface area contributed by atoms with Gasteiger partial charge in [0.1, 0.15) is 0 Å². The average molecular weight is 217 g/mol. The van der Waals surface area contributed by atoms with Gasteiger partial charge in [0.25, 0.3) is 0 Å². The fourth-order valence-electron chi connectivity index (χ4n) is 1.98. The standard InChI is InChI=1S/C13H15NO2/c1-8(2)9-3-4-11-10(5-9)7-14-12(11)6-13(15)16/h3-5,7-8,10H,6H2,1-2H3,(H,15,16). The second-order valence-electron chi connectivity index (χ2n) is 4.43. The number of aliphatic carboxylic acids is 1. The van der Waals surface area contributed by atoms with E-state index in [0.717, 1.165) is 5.57 Å². The van der Waals surface area contributed by atoms with Gasteiger partial charge in [-0.2, -0.15) is 0 Å². The fraction of sp³-hybridized carbons (Fsp3) is 0.385. The molecule has 1 aliphatic carbocycles. The zero-order valence-corrected chi connectivity index (χ0v) is 9.47. The number of nitrogens with zero attached hydrogens (tertiary/aromatic N) is 1. The van der Waals surface area contributed by atoms with Crippen LogP contribution >= 0.6 is 0 Å². The van der Waals surface area contributed by atoms with Crippen LogP contribution < -0.4 is 0 Å². The van der Waals surface area contributed by atoms with Gasteiger partial charge in [0.2, 0.25) is 0 Å². The summed E-state index contributed by atoms with van der Waals surface area (Å²) in [5.41, 5.74) is 3.01. The first-order valence-electron chi connectivity index (χ1n) is 5.46. The Balaban J connectivity index is 2.25. The molecule has 0 fully saturated rings. The summed E-state index contributed by atoms with van der Waals surface area (Å²) in [6.07, 6.45) is 8.08. The highest BCUT2D eigenvalue weighted by Gasteiger charge is 2.23. The largest absolute Gasteiger partial charge is 0.481 e. The molecule has 2 aliphatic rings. The van der Waals surface area contributed by atoms with Gasteiger partial charge in [-0.1, -0.05) is 32.1 Å². The van der Waals surface area contributed by atoms with Crippen LogP contribution in [-0.2, 0) is 4.79 Å². The van der Waals surface area contributed by atoms with Crippen LogP contribution in [0, 0.1) is 11.8 Å². The number of carbonyl (C=O) groups is 1. The molecule has 16 heavy (non-hydrogen) atoms. The molecule has 1 atom stereocenters. The number of carboxylic acid groups (broad SMARTS) is 1. The van der Waals surface area contributed by atoms with E-state index in [1.807, 2.05) is 12.3 Å². The van der Waals surface area contributed by atoms with Crippen molar-refractivity contribution in [2.45, 2.75) is 20.3 Å². The minimum atomic E-state index is -0.827. The summed E-state index contributed by atoms with van der Waals surface area (Å²) in [5, 5.41) is 8.76. The highest BCUT2D eigenvalue weighted by molar-refractivity contribution is 5.80. The van der Waals surface area contributed by atoms with Crippen LogP contribution in [0.2, 0.25) is 0 Å². The Morgan fingerprint density at radius 2 is 2.25 bits per heavy atom. The van der Waals surface area contributed by atoms with E-state index < -0.39 is 5.97 Å². The van der Waals surface area contributed by atoms with Crippen LogP contribution in [-0.4, -0.2) is 17.3 Å². The number of rotatable bonds is 3. The molecule has 1 aliphatic heterocycles. The summed E-state index contributed by atoms with van der Waals surface area (Å²) in [4.78, 5) is 14.8. The molecule has 1 unspecified atom stereocenters. The molecule has 0 saturated heterocycles. The Kier molecular flexibility index (Phi) is 2.77. The molecule has 1 N–H and O–H groups in total. The highest BCUT2D eigenvalue weighted by atomic mass is 16.4. The summed E-state index contributed by atoms with van der Waals surface area (Å²) in [6, 6.07) is 0. The Bertz CT molecular complexity index is 439. The van der Waals surface area contributed by atoms with Gasteiger partial charge in [0, 0.05) is 12.1 Å². The van der Waals surface area contributed by atoms with Crippen molar-refractivity contribution >= 4 is 12.2 Å². The lowest BCUT2D eigenvalue weighted by Crippen LogP contribution is -2.06. The third-order valence-corrected chi connectivity index (χ3v) is 2.90. The minimum absolute atomic E-state index is 0.0114. The van der Waals surface area contributed by atoms with Gasteiger partial charge in [-0.25, -0.2) is 0 Å². The first-order chi connectivity index (χ1) is 7.58. The molecule has 0 aromatic heterocycles. The Morgan fingerprint density at radius 3 is 2.88 bits per heavy atom. The monoisotopic (exact) mass is 217 g/mol. The van der Waals surface area contributed by atoms with E-state index in [4.69, 9.17) is 5.11 Å². The van der Waals surface area contributed by atoms with E-state index in [9.17, 15) is 4.79 Å². The number of fused-ring (bicyclic) bond motifs is 1. The van der Waals surface area contributed by atoms with Crippen LogP contribution in [0.1, 0.15) is 20.3 Å². The summed E-state index contributed by atoms with van der Waals surface area (Å²) in [6.45, 7) is 4.30. The summed E-state index contributed by atoms with van der Waals surface area (Å²) >= 11 is 0. The van der Waals surface area contributed by atoms with Crippen LogP contribution in [0.4, 0.5) is 0 Å². The van der Waals surface area contributed by atoms with E-state index in [-0.39, 0.29) is 12.3 Å². The van der Waals surface area contributed by atoms with Gasteiger partial charge in [-0.15, -0.1) is 0 Å².